The monoisotopic (exact) mass is 388 g/mol. The molecule has 1 unspecified atom stereocenters. The van der Waals surface area contributed by atoms with Gasteiger partial charge in [0.1, 0.15) is 0 Å². The normalized spacial score (nSPS) is 19.2. The average Bonchev–Trinajstić information content (AvgIpc) is 3.11. The zero-order valence-corrected chi connectivity index (χ0v) is 16.7. The van der Waals surface area contributed by atoms with Crippen molar-refractivity contribution >= 4 is 22.9 Å². The maximum Gasteiger partial charge on any atom is 0.254 e. The molecule has 1 fully saturated rings. The summed E-state index contributed by atoms with van der Waals surface area (Å²) in [5.74, 6) is 0.833. The number of fused-ring (bicyclic) bond motifs is 3. The van der Waals surface area contributed by atoms with Crippen molar-refractivity contribution in [2.24, 2.45) is 0 Å². The number of rotatable bonds is 2. The van der Waals surface area contributed by atoms with Crippen molar-refractivity contribution in [3.63, 3.8) is 0 Å². The van der Waals surface area contributed by atoms with Crippen molar-refractivity contribution in [2.45, 2.75) is 19.9 Å². The van der Waals surface area contributed by atoms with Crippen LogP contribution in [0, 0.1) is 6.92 Å². The van der Waals surface area contributed by atoms with Gasteiger partial charge in [-0.15, -0.1) is 0 Å². The predicted octanol–water partition coefficient (Wildman–Crippen LogP) is 3.49. The number of para-hydroxylation sites is 2. The van der Waals surface area contributed by atoms with E-state index in [4.69, 9.17) is 9.72 Å². The first-order valence-corrected chi connectivity index (χ1v) is 10.0. The van der Waals surface area contributed by atoms with Gasteiger partial charge in [0.25, 0.3) is 5.91 Å². The summed E-state index contributed by atoms with van der Waals surface area (Å²) in [6.45, 7) is 6.45. The van der Waals surface area contributed by atoms with E-state index in [9.17, 15) is 4.79 Å². The first-order valence-electron chi connectivity index (χ1n) is 10.0. The van der Waals surface area contributed by atoms with Gasteiger partial charge in [0, 0.05) is 18.8 Å². The van der Waals surface area contributed by atoms with Crippen LogP contribution >= 0.6 is 0 Å². The SMILES string of the molecule is CC1=C(C(=O)N2CCOCC2)C(c2ccc(C)cc2)n2c(nc3ccccc32)N1. The Bertz CT molecular complexity index is 1110. The molecule has 1 saturated heterocycles. The Hall–Kier alpha value is -3.12. The minimum Gasteiger partial charge on any atom is -0.378 e. The highest BCUT2D eigenvalue weighted by molar-refractivity contribution is 5.98. The first kappa shape index (κ1) is 17.9. The molecule has 6 heteroatoms. The van der Waals surface area contributed by atoms with Gasteiger partial charge in [-0.25, -0.2) is 4.98 Å². The number of benzene rings is 2. The van der Waals surface area contributed by atoms with Gasteiger partial charge < -0.3 is 15.0 Å². The van der Waals surface area contributed by atoms with E-state index in [1.165, 1.54) is 5.56 Å². The Balaban J connectivity index is 1.69. The van der Waals surface area contributed by atoms with Crippen LogP contribution in [0.1, 0.15) is 24.1 Å². The molecule has 0 spiro atoms. The largest absolute Gasteiger partial charge is 0.378 e. The number of anilines is 1. The van der Waals surface area contributed by atoms with Gasteiger partial charge in [-0.1, -0.05) is 42.0 Å². The fraction of sp³-hybridized carbons (Fsp3) is 0.304. The Labute approximate surface area is 169 Å². The number of amides is 1. The molecule has 0 bridgehead atoms. The first-order chi connectivity index (χ1) is 14.1. The quantitative estimate of drug-likeness (QED) is 0.730. The van der Waals surface area contributed by atoms with E-state index in [2.05, 4.69) is 47.1 Å². The molecule has 2 aliphatic heterocycles. The molecule has 29 heavy (non-hydrogen) atoms. The summed E-state index contributed by atoms with van der Waals surface area (Å²) < 4.78 is 7.60. The number of aryl methyl sites for hydroxylation is 1. The molecule has 2 aliphatic rings. The molecule has 1 aromatic heterocycles. The lowest BCUT2D eigenvalue weighted by atomic mass is 9.93. The molecule has 0 saturated carbocycles. The lowest BCUT2D eigenvalue weighted by molar-refractivity contribution is -0.131. The molecule has 6 nitrogen and oxygen atoms in total. The highest BCUT2D eigenvalue weighted by Crippen LogP contribution is 2.39. The summed E-state index contributed by atoms with van der Waals surface area (Å²) >= 11 is 0. The lowest BCUT2D eigenvalue weighted by Crippen LogP contribution is -2.44. The van der Waals surface area contributed by atoms with Crippen LogP contribution in [0.5, 0.6) is 0 Å². The third-order valence-electron chi connectivity index (χ3n) is 5.75. The third-order valence-corrected chi connectivity index (χ3v) is 5.75. The fourth-order valence-electron chi connectivity index (χ4n) is 4.24. The van der Waals surface area contributed by atoms with Crippen molar-refractivity contribution in [2.75, 3.05) is 31.6 Å². The molecule has 3 aromatic rings. The van der Waals surface area contributed by atoms with Gasteiger partial charge in [0.2, 0.25) is 5.95 Å². The number of aromatic nitrogens is 2. The van der Waals surface area contributed by atoms with Crippen molar-refractivity contribution in [1.29, 1.82) is 0 Å². The van der Waals surface area contributed by atoms with Crippen LogP contribution in [0.3, 0.4) is 0 Å². The second-order valence-corrected chi connectivity index (χ2v) is 7.68. The third kappa shape index (κ3) is 3.00. The van der Waals surface area contributed by atoms with Gasteiger partial charge >= 0.3 is 0 Å². The summed E-state index contributed by atoms with van der Waals surface area (Å²) in [6.07, 6.45) is 0. The van der Waals surface area contributed by atoms with Crippen molar-refractivity contribution in [3.05, 3.63) is 70.9 Å². The Morgan fingerprint density at radius 2 is 1.79 bits per heavy atom. The minimum absolute atomic E-state index is 0.0623. The zero-order valence-electron chi connectivity index (χ0n) is 16.7. The van der Waals surface area contributed by atoms with Crippen LogP contribution in [0.4, 0.5) is 5.95 Å². The highest BCUT2D eigenvalue weighted by atomic mass is 16.5. The summed E-state index contributed by atoms with van der Waals surface area (Å²) in [6, 6.07) is 16.3. The molecule has 5 rings (SSSR count). The van der Waals surface area contributed by atoms with Crippen LogP contribution in [-0.2, 0) is 9.53 Å². The Morgan fingerprint density at radius 1 is 1.07 bits per heavy atom. The molecule has 3 heterocycles. The predicted molar refractivity (Wildman–Crippen MR) is 113 cm³/mol. The fourth-order valence-corrected chi connectivity index (χ4v) is 4.24. The van der Waals surface area contributed by atoms with Crippen LogP contribution in [0.2, 0.25) is 0 Å². The number of ether oxygens (including phenoxy) is 1. The van der Waals surface area contributed by atoms with E-state index in [0.29, 0.717) is 26.3 Å². The molecule has 1 amide bonds. The molecule has 2 aromatic carbocycles. The Morgan fingerprint density at radius 3 is 2.55 bits per heavy atom. The van der Waals surface area contributed by atoms with E-state index in [1.54, 1.807) is 0 Å². The minimum atomic E-state index is -0.227. The molecule has 148 valence electrons. The number of morpholine rings is 1. The number of allylic oxidation sites excluding steroid dienone is 1. The molecule has 1 N–H and O–H groups in total. The number of nitrogens with zero attached hydrogens (tertiary/aromatic N) is 3. The van der Waals surface area contributed by atoms with Gasteiger partial charge in [-0.05, 0) is 31.5 Å². The summed E-state index contributed by atoms with van der Waals surface area (Å²) in [4.78, 5) is 20.3. The van der Waals surface area contributed by atoms with E-state index in [0.717, 1.165) is 33.8 Å². The molecular weight excluding hydrogens is 364 g/mol. The van der Waals surface area contributed by atoms with E-state index < -0.39 is 0 Å². The van der Waals surface area contributed by atoms with E-state index in [-0.39, 0.29) is 11.9 Å². The number of carbonyl (C=O) groups excluding carboxylic acids is 1. The zero-order chi connectivity index (χ0) is 20.0. The van der Waals surface area contributed by atoms with Crippen LogP contribution in [-0.4, -0.2) is 46.7 Å². The number of hydrogen-bond donors (Lipinski definition) is 1. The second kappa shape index (κ2) is 7.04. The smallest absolute Gasteiger partial charge is 0.254 e. The average molecular weight is 388 g/mol. The maximum absolute atomic E-state index is 13.6. The molecular formula is C23H24N4O2. The molecule has 0 aliphatic carbocycles. The number of nitrogens with one attached hydrogen (secondary N) is 1. The van der Waals surface area contributed by atoms with E-state index in [1.807, 2.05) is 30.0 Å². The molecule has 1 atom stereocenters. The Kier molecular flexibility index (Phi) is 4.36. The van der Waals surface area contributed by atoms with Gasteiger partial charge in [0.15, 0.2) is 0 Å². The van der Waals surface area contributed by atoms with Crippen LogP contribution in [0.25, 0.3) is 11.0 Å². The van der Waals surface area contributed by atoms with Crippen molar-refractivity contribution < 1.29 is 9.53 Å². The lowest BCUT2D eigenvalue weighted by Gasteiger charge is -2.35. The highest BCUT2D eigenvalue weighted by Gasteiger charge is 2.36. The van der Waals surface area contributed by atoms with Gasteiger partial charge in [0.05, 0.1) is 35.9 Å². The summed E-state index contributed by atoms with van der Waals surface area (Å²) in [5, 5.41) is 3.38. The topological polar surface area (TPSA) is 59.4 Å². The number of hydrogen-bond acceptors (Lipinski definition) is 4. The van der Waals surface area contributed by atoms with Crippen molar-refractivity contribution in [1.82, 2.24) is 14.5 Å². The number of imidazole rings is 1. The maximum atomic E-state index is 13.6. The summed E-state index contributed by atoms with van der Waals surface area (Å²) in [5.41, 5.74) is 5.83. The van der Waals surface area contributed by atoms with E-state index >= 15 is 0 Å². The van der Waals surface area contributed by atoms with Crippen molar-refractivity contribution in [3.8, 4) is 0 Å². The second-order valence-electron chi connectivity index (χ2n) is 7.68. The number of carbonyl (C=O) groups is 1. The van der Waals surface area contributed by atoms with Crippen LogP contribution < -0.4 is 5.32 Å². The van der Waals surface area contributed by atoms with Gasteiger partial charge in [-0.3, -0.25) is 9.36 Å². The standard InChI is InChI=1S/C23H24N4O2/c1-15-7-9-17(10-8-15)21-20(22(28)26-11-13-29-14-12-26)16(2)24-23-25-18-5-3-4-6-19(18)27(21)23/h3-10,21H,11-14H2,1-2H3,(H,24,25). The van der Waals surface area contributed by atoms with Crippen LogP contribution in [0.15, 0.2) is 59.8 Å². The van der Waals surface area contributed by atoms with Gasteiger partial charge in [-0.2, -0.15) is 0 Å². The summed E-state index contributed by atoms with van der Waals surface area (Å²) in [7, 11) is 0. The molecule has 0 radical (unpaired) electrons.